The van der Waals surface area contributed by atoms with Crippen LogP contribution in [0.3, 0.4) is 0 Å². The van der Waals surface area contributed by atoms with Crippen molar-refractivity contribution in [2.45, 2.75) is 26.1 Å². The molecule has 0 radical (unpaired) electrons. The molecule has 0 aliphatic rings. The second kappa shape index (κ2) is 9.24. The zero-order valence-corrected chi connectivity index (χ0v) is 14.5. The SMILES string of the molecule is N#CCCc1cc(OCc2ccccc2)cc(OCc2ccccc2)n1. The van der Waals surface area contributed by atoms with Gasteiger partial charge in [-0.15, -0.1) is 0 Å². The lowest BCUT2D eigenvalue weighted by Gasteiger charge is -2.11. The number of pyridine rings is 1. The molecule has 26 heavy (non-hydrogen) atoms. The van der Waals surface area contributed by atoms with Crippen LogP contribution in [0.5, 0.6) is 11.6 Å². The Hall–Kier alpha value is -3.32. The standard InChI is InChI=1S/C22H20N2O2/c23-13-7-12-20-14-21(25-16-18-8-3-1-4-9-18)15-22(24-20)26-17-19-10-5-2-6-11-19/h1-6,8-11,14-15H,7,12,16-17H2. The Morgan fingerprint density at radius 2 is 1.42 bits per heavy atom. The van der Waals surface area contributed by atoms with Crippen molar-refractivity contribution in [3.63, 3.8) is 0 Å². The number of rotatable bonds is 8. The molecule has 0 N–H and O–H groups in total. The summed E-state index contributed by atoms with van der Waals surface area (Å²) in [5, 5.41) is 8.83. The molecule has 3 rings (SSSR count). The van der Waals surface area contributed by atoms with E-state index in [1.807, 2.05) is 66.7 Å². The van der Waals surface area contributed by atoms with E-state index in [-0.39, 0.29) is 0 Å². The van der Waals surface area contributed by atoms with Crippen LogP contribution in [0.2, 0.25) is 0 Å². The van der Waals surface area contributed by atoms with Gasteiger partial charge in [0.15, 0.2) is 0 Å². The van der Waals surface area contributed by atoms with Gasteiger partial charge in [0, 0.05) is 30.7 Å². The first-order valence-electron chi connectivity index (χ1n) is 8.55. The number of nitriles is 1. The highest BCUT2D eigenvalue weighted by Crippen LogP contribution is 2.22. The number of nitrogens with zero attached hydrogens (tertiary/aromatic N) is 2. The van der Waals surface area contributed by atoms with Crippen molar-refractivity contribution < 1.29 is 9.47 Å². The first-order valence-corrected chi connectivity index (χ1v) is 8.55. The number of benzene rings is 2. The molecule has 0 saturated carbocycles. The van der Waals surface area contributed by atoms with Crippen LogP contribution in [-0.4, -0.2) is 4.98 Å². The van der Waals surface area contributed by atoms with Crippen LogP contribution in [0.15, 0.2) is 72.8 Å². The lowest BCUT2D eigenvalue weighted by atomic mass is 10.2. The van der Waals surface area contributed by atoms with Gasteiger partial charge in [-0.3, -0.25) is 0 Å². The van der Waals surface area contributed by atoms with Crippen LogP contribution in [0.1, 0.15) is 23.2 Å². The minimum Gasteiger partial charge on any atom is -0.489 e. The van der Waals surface area contributed by atoms with Crippen LogP contribution >= 0.6 is 0 Å². The van der Waals surface area contributed by atoms with Gasteiger partial charge in [0.1, 0.15) is 19.0 Å². The molecule has 0 aliphatic carbocycles. The highest BCUT2D eigenvalue weighted by molar-refractivity contribution is 5.31. The minimum atomic E-state index is 0.410. The topological polar surface area (TPSA) is 55.1 Å². The maximum absolute atomic E-state index is 8.83. The van der Waals surface area contributed by atoms with Crippen LogP contribution in [0, 0.1) is 11.3 Å². The maximum atomic E-state index is 8.83. The number of aromatic nitrogens is 1. The summed E-state index contributed by atoms with van der Waals surface area (Å²) in [5.74, 6) is 1.20. The molecule has 0 unspecified atom stereocenters. The van der Waals surface area contributed by atoms with Gasteiger partial charge in [-0.05, 0) is 11.1 Å². The van der Waals surface area contributed by atoms with E-state index in [9.17, 15) is 0 Å². The summed E-state index contributed by atoms with van der Waals surface area (Å²) in [5.41, 5.74) is 2.96. The predicted molar refractivity (Wildman–Crippen MR) is 99.7 cm³/mol. The summed E-state index contributed by atoms with van der Waals surface area (Å²) >= 11 is 0. The predicted octanol–water partition coefficient (Wildman–Crippen LogP) is 4.70. The fraction of sp³-hybridized carbons (Fsp3) is 0.182. The molecule has 0 spiro atoms. The van der Waals surface area contributed by atoms with Crippen molar-refractivity contribution in [1.82, 2.24) is 4.98 Å². The Morgan fingerprint density at radius 1 is 0.808 bits per heavy atom. The largest absolute Gasteiger partial charge is 0.489 e. The number of hydrogen-bond acceptors (Lipinski definition) is 4. The Kier molecular flexibility index (Phi) is 6.22. The molecule has 0 amide bonds. The maximum Gasteiger partial charge on any atom is 0.217 e. The van der Waals surface area contributed by atoms with Crippen molar-refractivity contribution in [3.8, 4) is 17.7 Å². The molecule has 0 fully saturated rings. The lowest BCUT2D eigenvalue weighted by Crippen LogP contribution is -2.02. The first-order chi connectivity index (χ1) is 12.8. The zero-order chi connectivity index (χ0) is 18.0. The summed E-state index contributed by atoms with van der Waals surface area (Å²) < 4.78 is 11.7. The van der Waals surface area contributed by atoms with E-state index >= 15 is 0 Å². The highest BCUT2D eigenvalue weighted by Gasteiger charge is 2.06. The van der Waals surface area contributed by atoms with Crippen molar-refractivity contribution in [2.75, 3.05) is 0 Å². The highest BCUT2D eigenvalue weighted by atomic mass is 16.5. The van der Waals surface area contributed by atoms with E-state index in [2.05, 4.69) is 11.1 Å². The summed E-state index contributed by atoms with van der Waals surface area (Å²) in [6.07, 6.45) is 0.980. The van der Waals surface area contributed by atoms with Gasteiger partial charge < -0.3 is 9.47 Å². The van der Waals surface area contributed by atoms with Crippen molar-refractivity contribution in [2.24, 2.45) is 0 Å². The average molecular weight is 344 g/mol. The van der Waals surface area contributed by atoms with Gasteiger partial charge in [0.2, 0.25) is 5.88 Å². The Bertz CT molecular complexity index is 797. The van der Waals surface area contributed by atoms with Crippen LogP contribution in [-0.2, 0) is 19.6 Å². The van der Waals surface area contributed by atoms with Gasteiger partial charge in [0.25, 0.3) is 0 Å². The molecule has 0 aliphatic heterocycles. The molecular formula is C22H20N2O2. The molecule has 2 aromatic carbocycles. The normalized spacial score (nSPS) is 10.1. The number of aryl methyl sites for hydroxylation is 1. The van der Waals surface area contributed by atoms with Crippen LogP contribution in [0.25, 0.3) is 0 Å². The summed E-state index contributed by atoms with van der Waals surface area (Å²) in [4.78, 5) is 4.49. The minimum absolute atomic E-state index is 0.410. The molecular weight excluding hydrogens is 324 g/mol. The Balaban J connectivity index is 1.71. The van der Waals surface area contributed by atoms with E-state index in [0.29, 0.717) is 37.7 Å². The lowest BCUT2D eigenvalue weighted by molar-refractivity contribution is 0.280. The quantitative estimate of drug-likeness (QED) is 0.594. The average Bonchev–Trinajstić information content (AvgIpc) is 2.71. The summed E-state index contributed by atoms with van der Waals surface area (Å²) in [6, 6.07) is 25.7. The molecule has 0 bridgehead atoms. The Morgan fingerprint density at radius 3 is 2.04 bits per heavy atom. The molecule has 130 valence electrons. The summed E-state index contributed by atoms with van der Waals surface area (Å²) in [7, 11) is 0. The summed E-state index contributed by atoms with van der Waals surface area (Å²) in [6.45, 7) is 0.911. The number of hydrogen-bond donors (Lipinski definition) is 0. The third-order valence-corrected chi connectivity index (χ3v) is 3.80. The molecule has 4 nitrogen and oxygen atoms in total. The van der Waals surface area contributed by atoms with Crippen LogP contribution < -0.4 is 9.47 Å². The van der Waals surface area contributed by atoms with Gasteiger partial charge in [0.05, 0.1) is 6.07 Å². The zero-order valence-electron chi connectivity index (χ0n) is 14.5. The monoisotopic (exact) mass is 344 g/mol. The van der Waals surface area contributed by atoms with E-state index in [1.54, 1.807) is 6.07 Å². The molecule has 0 saturated heterocycles. The van der Waals surface area contributed by atoms with E-state index in [4.69, 9.17) is 14.7 Å². The second-order valence-corrected chi connectivity index (χ2v) is 5.84. The first kappa shape index (κ1) is 17.5. The molecule has 3 aromatic rings. The van der Waals surface area contributed by atoms with Crippen LogP contribution in [0.4, 0.5) is 0 Å². The van der Waals surface area contributed by atoms with Crippen molar-refractivity contribution in [3.05, 3.63) is 89.6 Å². The van der Waals surface area contributed by atoms with E-state index < -0.39 is 0 Å². The fourth-order valence-electron chi connectivity index (χ4n) is 2.48. The third kappa shape index (κ3) is 5.35. The van der Waals surface area contributed by atoms with Gasteiger partial charge >= 0.3 is 0 Å². The molecule has 4 heteroatoms. The molecule has 0 atom stereocenters. The Labute approximate surface area is 153 Å². The van der Waals surface area contributed by atoms with Gasteiger partial charge in [-0.1, -0.05) is 60.7 Å². The van der Waals surface area contributed by atoms with E-state index in [1.165, 1.54) is 0 Å². The van der Waals surface area contributed by atoms with Gasteiger partial charge in [-0.25, -0.2) is 4.98 Å². The second-order valence-electron chi connectivity index (χ2n) is 5.84. The van der Waals surface area contributed by atoms with E-state index in [0.717, 1.165) is 16.8 Å². The fourth-order valence-corrected chi connectivity index (χ4v) is 2.48. The third-order valence-electron chi connectivity index (χ3n) is 3.80. The molecule has 1 aromatic heterocycles. The smallest absolute Gasteiger partial charge is 0.217 e. The molecule has 1 heterocycles. The van der Waals surface area contributed by atoms with Crippen molar-refractivity contribution >= 4 is 0 Å². The van der Waals surface area contributed by atoms with Gasteiger partial charge in [-0.2, -0.15) is 5.26 Å². The van der Waals surface area contributed by atoms with Crippen molar-refractivity contribution in [1.29, 1.82) is 5.26 Å². The number of ether oxygens (including phenoxy) is 2.